The first-order valence-corrected chi connectivity index (χ1v) is 8.93. The zero-order valence-electron chi connectivity index (χ0n) is 11.6. The fraction of sp³-hybridized carbons (Fsp3) is 0.500. The molecule has 5 nitrogen and oxygen atoms in total. The van der Waals surface area contributed by atoms with Crippen LogP contribution in [0.4, 0.5) is 3.89 Å². The minimum Gasteiger partial charge on any atom is -0.207 e. The number of nitrogens with one attached hydrogen (secondary N) is 1. The maximum Gasteiger partial charge on any atom is 0.332 e. The second-order valence-electron chi connectivity index (χ2n) is 5.15. The number of halogens is 1. The van der Waals surface area contributed by atoms with Crippen molar-refractivity contribution >= 4 is 20.2 Å². The van der Waals surface area contributed by atoms with Gasteiger partial charge < -0.3 is 0 Å². The SMILES string of the molecule is CCCC(C)(C)NS(=O)(=O)c1ccc(S(=O)(=O)F)cc1. The average Bonchev–Trinajstić information content (AvgIpc) is 2.26. The van der Waals surface area contributed by atoms with E-state index in [2.05, 4.69) is 4.72 Å². The average molecular weight is 323 g/mol. The molecular weight excluding hydrogens is 305 g/mol. The van der Waals surface area contributed by atoms with Crippen LogP contribution in [0.5, 0.6) is 0 Å². The minimum absolute atomic E-state index is 0.103. The molecule has 1 aromatic carbocycles. The summed E-state index contributed by atoms with van der Waals surface area (Å²) in [6.45, 7) is 5.46. The van der Waals surface area contributed by atoms with Crippen LogP contribution in [0.25, 0.3) is 0 Å². The van der Waals surface area contributed by atoms with E-state index < -0.39 is 30.7 Å². The van der Waals surface area contributed by atoms with Crippen molar-refractivity contribution in [3.63, 3.8) is 0 Å². The maximum atomic E-state index is 12.7. The molecule has 20 heavy (non-hydrogen) atoms. The van der Waals surface area contributed by atoms with Gasteiger partial charge in [0, 0.05) is 5.54 Å². The topological polar surface area (TPSA) is 80.3 Å². The molecule has 0 heterocycles. The van der Waals surface area contributed by atoms with E-state index in [0.717, 1.165) is 30.7 Å². The Morgan fingerprint density at radius 1 is 1.05 bits per heavy atom. The molecule has 1 aromatic rings. The Hall–Kier alpha value is -0.990. The molecule has 0 aromatic heterocycles. The first-order chi connectivity index (χ1) is 8.98. The van der Waals surface area contributed by atoms with Gasteiger partial charge in [0.05, 0.1) is 9.79 Å². The van der Waals surface area contributed by atoms with Gasteiger partial charge >= 0.3 is 10.2 Å². The van der Waals surface area contributed by atoms with Crippen LogP contribution in [0.3, 0.4) is 0 Å². The quantitative estimate of drug-likeness (QED) is 0.814. The summed E-state index contributed by atoms with van der Waals surface area (Å²) in [6, 6.07) is 3.99. The van der Waals surface area contributed by atoms with Crippen molar-refractivity contribution in [3.8, 4) is 0 Å². The van der Waals surface area contributed by atoms with Crippen LogP contribution in [0.2, 0.25) is 0 Å². The Kier molecular flexibility index (Phi) is 4.94. The van der Waals surface area contributed by atoms with Gasteiger partial charge in [0.15, 0.2) is 0 Å². The summed E-state index contributed by atoms with van der Waals surface area (Å²) >= 11 is 0. The third-order valence-corrected chi connectivity index (χ3v) is 5.25. The molecule has 0 spiro atoms. The second-order valence-corrected chi connectivity index (χ2v) is 8.18. The van der Waals surface area contributed by atoms with Gasteiger partial charge in [-0.2, -0.15) is 8.42 Å². The summed E-state index contributed by atoms with van der Waals surface area (Å²) in [4.78, 5) is -0.668. The Bertz CT molecular complexity index is 664. The third kappa shape index (κ3) is 4.53. The van der Waals surface area contributed by atoms with E-state index in [4.69, 9.17) is 0 Å². The van der Waals surface area contributed by atoms with Gasteiger partial charge in [-0.15, -0.1) is 3.89 Å². The Labute approximate surface area is 119 Å². The van der Waals surface area contributed by atoms with E-state index in [1.807, 2.05) is 6.92 Å². The maximum absolute atomic E-state index is 12.7. The van der Waals surface area contributed by atoms with Crippen LogP contribution in [-0.4, -0.2) is 22.4 Å². The second kappa shape index (κ2) is 5.79. The van der Waals surface area contributed by atoms with Crippen LogP contribution >= 0.6 is 0 Å². The third-order valence-electron chi connectivity index (χ3n) is 2.70. The number of sulfonamides is 1. The molecule has 1 rings (SSSR count). The summed E-state index contributed by atoms with van der Waals surface area (Å²) in [7, 11) is -8.59. The lowest BCUT2D eigenvalue weighted by atomic mass is 10.0. The summed E-state index contributed by atoms with van der Waals surface area (Å²) in [5.41, 5.74) is -0.613. The summed E-state index contributed by atoms with van der Waals surface area (Å²) in [6.07, 6.45) is 1.47. The van der Waals surface area contributed by atoms with E-state index in [-0.39, 0.29) is 4.90 Å². The number of hydrogen-bond donors (Lipinski definition) is 1. The van der Waals surface area contributed by atoms with E-state index in [1.54, 1.807) is 13.8 Å². The number of hydrogen-bond acceptors (Lipinski definition) is 4. The molecule has 0 aliphatic carbocycles. The van der Waals surface area contributed by atoms with Crippen LogP contribution in [-0.2, 0) is 20.2 Å². The predicted octanol–water partition coefficient (Wildman–Crippen LogP) is 2.20. The van der Waals surface area contributed by atoms with Gasteiger partial charge in [0.25, 0.3) is 0 Å². The Balaban J connectivity index is 3.06. The molecule has 1 N–H and O–H groups in total. The van der Waals surface area contributed by atoms with Gasteiger partial charge in [-0.1, -0.05) is 13.3 Å². The lowest BCUT2D eigenvalue weighted by molar-refractivity contribution is 0.417. The molecule has 0 fully saturated rings. The summed E-state index contributed by atoms with van der Waals surface area (Å²) < 4.78 is 60.9. The zero-order valence-corrected chi connectivity index (χ0v) is 13.2. The molecule has 0 atom stereocenters. The molecule has 0 bridgehead atoms. The predicted molar refractivity (Wildman–Crippen MR) is 74.0 cm³/mol. The monoisotopic (exact) mass is 323 g/mol. The van der Waals surface area contributed by atoms with Crippen molar-refractivity contribution in [1.29, 1.82) is 0 Å². The lowest BCUT2D eigenvalue weighted by Gasteiger charge is -2.25. The van der Waals surface area contributed by atoms with Crippen molar-refractivity contribution < 1.29 is 20.7 Å². The van der Waals surface area contributed by atoms with Crippen molar-refractivity contribution in [1.82, 2.24) is 4.72 Å². The highest BCUT2D eigenvalue weighted by atomic mass is 32.3. The van der Waals surface area contributed by atoms with Crippen molar-refractivity contribution in [2.45, 2.75) is 48.9 Å². The molecule has 0 radical (unpaired) electrons. The first kappa shape index (κ1) is 17.1. The minimum atomic E-state index is -4.82. The highest BCUT2D eigenvalue weighted by Crippen LogP contribution is 2.19. The van der Waals surface area contributed by atoms with Gasteiger partial charge in [0.1, 0.15) is 0 Å². The van der Waals surface area contributed by atoms with Gasteiger partial charge in [-0.05, 0) is 44.5 Å². The van der Waals surface area contributed by atoms with Crippen LogP contribution in [0.1, 0.15) is 33.6 Å². The normalized spacial score (nSPS) is 13.4. The van der Waals surface area contributed by atoms with E-state index in [9.17, 15) is 20.7 Å². The highest BCUT2D eigenvalue weighted by molar-refractivity contribution is 7.89. The van der Waals surface area contributed by atoms with E-state index in [0.29, 0.717) is 6.42 Å². The molecule has 0 saturated carbocycles. The van der Waals surface area contributed by atoms with Crippen LogP contribution < -0.4 is 4.72 Å². The molecule has 0 saturated heterocycles. The number of rotatable bonds is 6. The fourth-order valence-electron chi connectivity index (χ4n) is 1.88. The molecular formula is C12H18FNO4S2. The fourth-order valence-corrected chi connectivity index (χ4v) is 3.78. The van der Waals surface area contributed by atoms with Crippen molar-refractivity contribution in [3.05, 3.63) is 24.3 Å². The smallest absolute Gasteiger partial charge is 0.207 e. The first-order valence-electron chi connectivity index (χ1n) is 6.07. The molecule has 0 unspecified atom stereocenters. The molecule has 0 aliphatic rings. The molecule has 0 amide bonds. The number of benzene rings is 1. The van der Waals surface area contributed by atoms with Crippen molar-refractivity contribution in [2.24, 2.45) is 0 Å². The Morgan fingerprint density at radius 2 is 1.50 bits per heavy atom. The molecule has 0 aliphatic heterocycles. The highest BCUT2D eigenvalue weighted by Gasteiger charge is 2.25. The van der Waals surface area contributed by atoms with E-state index in [1.165, 1.54) is 0 Å². The zero-order chi connectivity index (χ0) is 15.6. The van der Waals surface area contributed by atoms with E-state index >= 15 is 0 Å². The lowest BCUT2D eigenvalue weighted by Crippen LogP contribution is -2.43. The molecule has 8 heteroatoms. The Morgan fingerprint density at radius 3 is 1.90 bits per heavy atom. The van der Waals surface area contributed by atoms with Gasteiger partial charge in [-0.25, -0.2) is 13.1 Å². The van der Waals surface area contributed by atoms with Crippen molar-refractivity contribution in [2.75, 3.05) is 0 Å². The summed E-state index contributed by atoms with van der Waals surface area (Å²) in [5.74, 6) is 0. The summed E-state index contributed by atoms with van der Waals surface area (Å²) in [5, 5.41) is 0. The van der Waals surface area contributed by atoms with Crippen LogP contribution in [0.15, 0.2) is 34.1 Å². The van der Waals surface area contributed by atoms with Gasteiger partial charge in [-0.3, -0.25) is 0 Å². The molecule has 114 valence electrons. The largest absolute Gasteiger partial charge is 0.332 e. The van der Waals surface area contributed by atoms with Gasteiger partial charge in [0.2, 0.25) is 10.0 Å². The standard InChI is InChI=1S/C12H18FNO4S2/c1-4-9-12(2,3)14-20(17,18)11-7-5-10(6-8-11)19(13,15)16/h5-8,14H,4,9H2,1-3H3. The van der Waals surface area contributed by atoms with Crippen LogP contribution in [0, 0.1) is 0 Å².